The highest BCUT2D eigenvalue weighted by molar-refractivity contribution is 5.85. The van der Waals surface area contributed by atoms with Gasteiger partial charge < -0.3 is 15.3 Å². The highest BCUT2D eigenvalue weighted by Gasteiger charge is 2.38. The summed E-state index contributed by atoms with van der Waals surface area (Å²) in [5.74, 6) is -1.66. The highest BCUT2D eigenvalue weighted by Crippen LogP contribution is 2.32. The highest BCUT2D eigenvalue weighted by atomic mass is 16.4. The Morgan fingerprint density at radius 3 is 2.33 bits per heavy atom. The van der Waals surface area contributed by atoms with Crippen molar-refractivity contribution in [3.8, 4) is 0 Å². The first-order valence-electron chi connectivity index (χ1n) is 6.79. The average Bonchev–Trinajstić information content (AvgIpc) is 2.81. The Labute approximate surface area is 108 Å². The van der Waals surface area contributed by atoms with E-state index in [0.717, 1.165) is 38.8 Å². The molecule has 1 amide bonds. The number of amides is 1. The number of carboxylic acid groups (broad SMARTS) is 1. The minimum absolute atomic E-state index is 0.0468. The molecule has 1 heterocycles. The summed E-state index contributed by atoms with van der Waals surface area (Å²) < 4.78 is 0. The zero-order chi connectivity index (χ0) is 13.1. The number of carbonyl (C=O) groups excluding carboxylic acids is 1. The van der Waals surface area contributed by atoms with Crippen LogP contribution in [0.25, 0.3) is 0 Å². The van der Waals surface area contributed by atoms with Gasteiger partial charge in [-0.3, -0.25) is 9.59 Å². The van der Waals surface area contributed by atoms with Crippen LogP contribution in [-0.2, 0) is 9.59 Å². The largest absolute Gasteiger partial charge is 0.481 e. The van der Waals surface area contributed by atoms with Gasteiger partial charge in [-0.1, -0.05) is 6.42 Å². The Balaban J connectivity index is 1.86. The molecule has 18 heavy (non-hydrogen) atoms. The van der Waals surface area contributed by atoms with Gasteiger partial charge in [0.2, 0.25) is 5.91 Å². The zero-order valence-corrected chi connectivity index (χ0v) is 10.9. The van der Waals surface area contributed by atoms with E-state index in [1.807, 2.05) is 0 Å². The van der Waals surface area contributed by atoms with E-state index in [-0.39, 0.29) is 17.9 Å². The number of carboxylic acids is 1. The third-order valence-electron chi connectivity index (χ3n) is 4.23. The number of likely N-dealkylation sites (tertiary alicyclic amines) is 1. The molecule has 0 aromatic carbocycles. The lowest BCUT2D eigenvalue weighted by Gasteiger charge is -2.30. The molecule has 0 radical (unpaired) electrons. The van der Waals surface area contributed by atoms with Gasteiger partial charge in [0.05, 0.1) is 11.8 Å². The van der Waals surface area contributed by atoms with Crippen molar-refractivity contribution >= 4 is 11.9 Å². The number of aliphatic carboxylic acids is 1. The molecular weight excluding hydrogens is 232 g/mol. The van der Waals surface area contributed by atoms with E-state index in [1.165, 1.54) is 0 Å². The third-order valence-corrected chi connectivity index (χ3v) is 4.23. The molecule has 0 aromatic rings. The molecule has 2 atom stereocenters. The normalized spacial score (nSPS) is 30.3. The second kappa shape index (κ2) is 5.69. The molecule has 2 unspecified atom stereocenters. The van der Waals surface area contributed by atoms with Crippen LogP contribution in [0.1, 0.15) is 32.1 Å². The molecule has 2 N–H and O–H groups in total. The molecular formula is C13H22N2O3. The first kappa shape index (κ1) is 13.3. The van der Waals surface area contributed by atoms with Crippen LogP contribution in [0.5, 0.6) is 0 Å². The number of hydrogen-bond acceptors (Lipinski definition) is 3. The first-order chi connectivity index (χ1) is 8.58. The molecule has 5 nitrogen and oxygen atoms in total. The molecule has 102 valence electrons. The maximum atomic E-state index is 12.1. The molecule has 2 aliphatic rings. The number of rotatable bonds is 3. The van der Waals surface area contributed by atoms with Crippen molar-refractivity contribution in [2.75, 3.05) is 20.1 Å². The minimum Gasteiger partial charge on any atom is -0.481 e. The Bertz CT molecular complexity index is 324. The van der Waals surface area contributed by atoms with Crippen LogP contribution < -0.4 is 5.32 Å². The van der Waals surface area contributed by atoms with Crippen molar-refractivity contribution in [1.29, 1.82) is 0 Å². The lowest BCUT2D eigenvalue weighted by Crippen LogP contribution is -2.46. The smallest absolute Gasteiger partial charge is 0.307 e. The fourth-order valence-corrected chi connectivity index (χ4v) is 3.03. The van der Waals surface area contributed by atoms with Crippen molar-refractivity contribution in [2.24, 2.45) is 11.8 Å². The van der Waals surface area contributed by atoms with Crippen molar-refractivity contribution in [3.05, 3.63) is 0 Å². The number of carbonyl (C=O) groups is 2. The summed E-state index contributed by atoms with van der Waals surface area (Å²) in [4.78, 5) is 25.4. The Morgan fingerprint density at radius 2 is 1.72 bits per heavy atom. The standard InChI is InChI=1S/C13H22N2O3/c1-15-7-5-9(6-8-15)14-12(16)10-3-2-4-11(10)13(17)18/h9-11H,2-8H2,1H3,(H,14,16)(H,17,18). The average molecular weight is 254 g/mol. The van der Waals surface area contributed by atoms with Crippen molar-refractivity contribution in [3.63, 3.8) is 0 Å². The summed E-state index contributed by atoms with van der Waals surface area (Å²) in [5.41, 5.74) is 0. The Kier molecular flexibility index (Phi) is 4.22. The topological polar surface area (TPSA) is 69.6 Å². The van der Waals surface area contributed by atoms with Gasteiger partial charge in [-0.15, -0.1) is 0 Å². The minimum atomic E-state index is -0.823. The van der Waals surface area contributed by atoms with E-state index < -0.39 is 11.9 Å². The summed E-state index contributed by atoms with van der Waals surface area (Å²) in [6, 6.07) is 0.226. The predicted molar refractivity (Wildman–Crippen MR) is 67.1 cm³/mol. The molecule has 1 saturated heterocycles. The quantitative estimate of drug-likeness (QED) is 0.778. The molecule has 2 rings (SSSR count). The van der Waals surface area contributed by atoms with E-state index in [4.69, 9.17) is 5.11 Å². The van der Waals surface area contributed by atoms with Crippen LogP contribution in [0.15, 0.2) is 0 Å². The lowest BCUT2D eigenvalue weighted by atomic mass is 9.94. The zero-order valence-electron chi connectivity index (χ0n) is 10.9. The summed E-state index contributed by atoms with van der Waals surface area (Å²) in [5, 5.41) is 12.1. The summed E-state index contributed by atoms with van der Waals surface area (Å²) >= 11 is 0. The van der Waals surface area contributed by atoms with Crippen LogP contribution in [0, 0.1) is 11.8 Å². The van der Waals surface area contributed by atoms with Gasteiger partial charge in [-0.25, -0.2) is 0 Å². The van der Waals surface area contributed by atoms with Crippen molar-refractivity contribution in [2.45, 2.75) is 38.1 Å². The second-order valence-corrected chi connectivity index (χ2v) is 5.57. The maximum absolute atomic E-state index is 12.1. The predicted octanol–water partition coefficient (Wildman–Crippen LogP) is 0.698. The Morgan fingerprint density at radius 1 is 1.11 bits per heavy atom. The molecule has 1 aliphatic heterocycles. The van der Waals surface area contributed by atoms with Crippen molar-refractivity contribution < 1.29 is 14.7 Å². The van der Waals surface area contributed by atoms with Gasteiger partial charge in [0.1, 0.15) is 0 Å². The number of hydrogen-bond donors (Lipinski definition) is 2. The van der Waals surface area contributed by atoms with Gasteiger partial charge in [0.25, 0.3) is 0 Å². The molecule has 0 bridgehead atoms. The monoisotopic (exact) mass is 254 g/mol. The third kappa shape index (κ3) is 3.02. The van der Waals surface area contributed by atoms with Gasteiger partial charge in [-0.2, -0.15) is 0 Å². The summed E-state index contributed by atoms with van der Waals surface area (Å²) in [6.45, 7) is 2.00. The summed E-state index contributed by atoms with van der Waals surface area (Å²) in [7, 11) is 2.08. The van der Waals surface area contributed by atoms with E-state index in [9.17, 15) is 9.59 Å². The van der Waals surface area contributed by atoms with Gasteiger partial charge in [0, 0.05) is 6.04 Å². The van der Waals surface area contributed by atoms with Gasteiger partial charge >= 0.3 is 5.97 Å². The first-order valence-corrected chi connectivity index (χ1v) is 6.79. The van der Waals surface area contributed by atoms with Crippen LogP contribution in [0.3, 0.4) is 0 Å². The van der Waals surface area contributed by atoms with Crippen LogP contribution in [0.2, 0.25) is 0 Å². The van der Waals surface area contributed by atoms with Gasteiger partial charge in [-0.05, 0) is 45.8 Å². The second-order valence-electron chi connectivity index (χ2n) is 5.57. The fraction of sp³-hybridized carbons (Fsp3) is 0.846. The van der Waals surface area contributed by atoms with E-state index in [0.29, 0.717) is 6.42 Å². The number of piperidine rings is 1. The number of nitrogens with one attached hydrogen (secondary N) is 1. The van der Waals surface area contributed by atoms with Crippen LogP contribution in [-0.4, -0.2) is 48.1 Å². The molecule has 0 spiro atoms. The fourth-order valence-electron chi connectivity index (χ4n) is 3.03. The molecule has 1 aliphatic carbocycles. The molecule has 2 fully saturated rings. The summed E-state index contributed by atoms with van der Waals surface area (Å²) in [6.07, 6.45) is 4.14. The van der Waals surface area contributed by atoms with E-state index >= 15 is 0 Å². The Hall–Kier alpha value is -1.10. The maximum Gasteiger partial charge on any atom is 0.307 e. The van der Waals surface area contributed by atoms with Gasteiger partial charge in [0.15, 0.2) is 0 Å². The molecule has 1 saturated carbocycles. The van der Waals surface area contributed by atoms with E-state index in [1.54, 1.807) is 0 Å². The number of nitrogens with zero attached hydrogens (tertiary/aromatic N) is 1. The van der Waals surface area contributed by atoms with E-state index in [2.05, 4.69) is 17.3 Å². The lowest BCUT2D eigenvalue weighted by molar-refractivity contribution is -0.146. The molecule has 5 heteroatoms. The SMILES string of the molecule is CN1CCC(NC(=O)C2CCCC2C(=O)O)CC1. The van der Waals surface area contributed by atoms with Crippen molar-refractivity contribution in [1.82, 2.24) is 10.2 Å². The molecule has 0 aromatic heterocycles. The van der Waals surface area contributed by atoms with Crippen LogP contribution in [0.4, 0.5) is 0 Å². The van der Waals surface area contributed by atoms with Crippen LogP contribution >= 0.6 is 0 Å².